The number of hydrogen-bond donors (Lipinski definition) is 0. The van der Waals surface area contributed by atoms with Crippen molar-refractivity contribution in [1.82, 2.24) is 9.97 Å². The Hall–Kier alpha value is -11.3. The molecule has 0 bridgehead atoms. The number of pyridine rings is 2. The summed E-state index contributed by atoms with van der Waals surface area (Å²) >= 11 is 4.71. The van der Waals surface area contributed by atoms with Crippen LogP contribution in [0.5, 0.6) is 23.0 Å². The fraction of sp³-hybridized carbons (Fsp3) is 0.0408. The second kappa shape index (κ2) is 31.3. The van der Waals surface area contributed by atoms with E-state index in [1.165, 1.54) is 53.7 Å². The lowest BCUT2D eigenvalue weighted by Crippen LogP contribution is -2.31. The molecule has 5 heterocycles. The van der Waals surface area contributed by atoms with Gasteiger partial charge in [0.05, 0.1) is 44.0 Å². The molecule has 0 aliphatic carbocycles. The first kappa shape index (κ1) is 74.4. The third-order valence-electron chi connectivity index (χ3n) is 20.3. The Balaban J connectivity index is 0.000000154. The summed E-state index contributed by atoms with van der Waals surface area (Å²) in [6.07, 6.45) is 0. The lowest BCUT2D eigenvalue weighted by atomic mass is 9.97. The largest absolute Gasteiger partial charge is 0.456 e. The Kier molecular flexibility index (Phi) is 20.6. The van der Waals surface area contributed by atoms with Gasteiger partial charge in [-0.1, -0.05) is 221 Å². The summed E-state index contributed by atoms with van der Waals surface area (Å²) in [6.45, 7) is 8.07. The van der Waals surface area contributed by atoms with Gasteiger partial charge in [0, 0.05) is 52.1 Å². The number of hydrogen-bond acceptors (Lipinski definition) is 8. The van der Waals surface area contributed by atoms with Crippen molar-refractivity contribution in [3.63, 3.8) is 0 Å². The second-order valence-corrected chi connectivity index (χ2v) is 37.6. The van der Waals surface area contributed by atoms with Crippen LogP contribution >= 0.6 is 66.9 Å². The monoisotopic (exact) mass is 1750 g/mol. The van der Waals surface area contributed by atoms with Crippen LogP contribution in [0.3, 0.4) is 0 Å². The van der Waals surface area contributed by atoms with Gasteiger partial charge in [-0.05, 0) is 251 Å². The van der Waals surface area contributed by atoms with E-state index in [0.29, 0.717) is 66.0 Å². The van der Waals surface area contributed by atoms with Crippen LogP contribution in [0.2, 0.25) is 0 Å². The van der Waals surface area contributed by atoms with Crippen LogP contribution < -0.4 is 41.3 Å². The molecule has 0 unspecified atom stereocenters. The topological polar surface area (TPSA) is 109 Å². The van der Waals surface area contributed by atoms with E-state index in [0.717, 1.165) is 102 Å². The first-order chi connectivity index (χ1) is 54.8. The number of ether oxygens (including phenoxy) is 2. The number of rotatable bonds is 10. The van der Waals surface area contributed by atoms with Crippen LogP contribution in [-0.2, 0) is 13.7 Å². The number of halogens is 4. The molecule has 19 rings (SSSR count). The Morgan fingerprint density at radius 1 is 0.292 bits per heavy atom. The van der Waals surface area contributed by atoms with Gasteiger partial charge in [-0.25, -0.2) is 18.7 Å². The molecule has 0 radical (unpaired) electrons. The molecular weight excluding hydrogens is 1690 g/mol. The highest BCUT2D eigenvalue weighted by molar-refractivity contribution is 14.1. The SMILES string of the molecule is Cc1ccc2c(c1)P(=O)(c1cccc(-c3cc(-c4ccc(-c5ccccc5)cc4)cc(-c4cccc(P5(=O)c6cc(C)ccc6Oc6ccc(C)cc65)c4)n3)c1)c1cc(C)ccc1O2.Ic1cccc(-c2cc(-c3ccc(-c4ccccc4)cc3)cc(-c3cccc(I)c3)n2)c1.O=[p+]1c2cc(F)ccc2oc2ccc(F)cc21. The fourth-order valence-corrected chi connectivity index (χ4v) is 23.2. The van der Waals surface area contributed by atoms with Crippen LogP contribution in [-0.4, -0.2) is 9.97 Å². The molecule has 0 fully saturated rings. The van der Waals surface area contributed by atoms with Crippen molar-refractivity contribution in [2.45, 2.75) is 27.7 Å². The minimum absolute atomic E-state index is 0.262. The predicted octanol–water partition coefficient (Wildman–Crippen LogP) is 26.0. The van der Waals surface area contributed by atoms with Crippen LogP contribution in [0.25, 0.3) is 111 Å². The fourth-order valence-electron chi connectivity index (χ4n) is 14.6. The summed E-state index contributed by atoms with van der Waals surface area (Å²) < 4.78 is 90.9. The molecule has 0 N–H and O–H groups in total. The maximum atomic E-state index is 16.0. The molecule has 15 heteroatoms. The van der Waals surface area contributed by atoms with Gasteiger partial charge in [-0.3, -0.25) is 0 Å². The van der Waals surface area contributed by atoms with E-state index in [2.05, 4.69) is 215 Å². The van der Waals surface area contributed by atoms with E-state index < -0.39 is 33.3 Å². The summed E-state index contributed by atoms with van der Waals surface area (Å²) in [4.78, 5) is 10.4. The summed E-state index contributed by atoms with van der Waals surface area (Å²) in [5.41, 5.74) is 21.1. The van der Waals surface area contributed by atoms with E-state index in [-0.39, 0.29) is 10.2 Å². The van der Waals surface area contributed by atoms with Crippen molar-refractivity contribution < 1.29 is 36.4 Å². The number of fused-ring (bicyclic) bond motifs is 6. The summed E-state index contributed by atoms with van der Waals surface area (Å²) in [5, 5.41) is 4.70. The highest BCUT2D eigenvalue weighted by atomic mass is 127. The Bertz CT molecular complexity index is 6360. The number of aromatic nitrogens is 2. The number of aryl methyl sites for hydroxylation is 4. The zero-order valence-electron chi connectivity index (χ0n) is 61.5. The zero-order chi connectivity index (χ0) is 77.7. The Morgan fingerprint density at radius 3 is 0.912 bits per heavy atom. The second-order valence-electron chi connectivity index (χ2n) is 28.2. The number of nitrogens with zero attached hydrogens (tertiary/aromatic N) is 2. The van der Waals surface area contributed by atoms with Crippen LogP contribution in [0.4, 0.5) is 8.78 Å². The van der Waals surface area contributed by atoms with Gasteiger partial charge in [0.2, 0.25) is 10.2 Å². The lowest BCUT2D eigenvalue weighted by Gasteiger charge is -2.30. The van der Waals surface area contributed by atoms with Gasteiger partial charge in [0.1, 0.15) is 34.6 Å². The number of benzene rings is 14. The molecule has 548 valence electrons. The van der Waals surface area contributed by atoms with Gasteiger partial charge in [0.15, 0.2) is 25.4 Å². The third kappa shape index (κ3) is 15.1. The molecule has 0 atom stereocenters. The van der Waals surface area contributed by atoms with Crippen LogP contribution in [0.1, 0.15) is 22.3 Å². The Morgan fingerprint density at radius 2 is 0.584 bits per heavy atom. The lowest BCUT2D eigenvalue weighted by molar-refractivity contribution is 0.484. The molecule has 0 spiro atoms. The average Bonchev–Trinajstić information content (AvgIpc) is 0.700. The molecule has 8 nitrogen and oxygen atoms in total. The predicted molar refractivity (Wildman–Crippen MR) is 477 cm³/mol. The van der Waals surface area contributed by atoms with E-state index >= 15 is 9.13 Å². The molecule has 0 saturated carbocycles. The molecular formula is C98H68F2I2N2O6P3+. The van der Waals surface area contributed by atoms with Crippen molar-refractivity contribution in [3.05, 3.63) is 381 Å². The maximum Gasteiger partial charge on any atom is 0.423 e. The molecule has 2 aliphatic rings. The van der Waals surface area contributed by atoms with E-state index in [1.54, 1.807) is 0 Å². The van der Waals surface area contributed by atoms with Crippen molar-refractivity contribution in [2.24, 2.45) is 0 Å². The van der Waals surface area contributed by atoms with Crippen LogP contribution in [0, 0.1) is 46.5 Å². The van der Waals surface area contributed by atoms with Crippen molar-refractivity contribution in [1.29, 1.82) is 0 Å². The third-order valence-corrected chi connectivity index (χ3v) is 29.3. The standard InChI is InChI=1S/C57H43NO4P2.C29H19I2N.C12H6F2O2P/c1-36-16-24-50-54(28-36)63(59,55-29-37(2)17-25-51(55)61-50)46-14-8-12-43(32-46)48-34-45(42-22-20-41(21-23-42)40-10-6-5-7-11-40)35-49(58-48)44-13-9-15-47(33-44)64(60)56-30-38(3)18-26-52(56)62-53-27-19-39(4)31-57(53)64;30-26-10-4-8-23(16-26)28-18-25(19-29(32-28)24-9-5-11-27(31)17-24)22-14-12-21(13-15-22)20-6-2-1-3-7-20;13-7-1-3-9-11(5-7)17(15)12-6-8(14)2-4-10(12)16-9/h5-35H,1-4H3;1-19H;1-6H/q;;+1. The van der Waals surface area contributed by atoms with E-state index in [4.69, 9.17) is 23.9 Å². The maximum absolute atomic E-state index is 16.0. The summed E-state index contributed by atoms with van der Waals surface area (Å²) in [5.74, 6) is 1.45. The van der Waals surface area contributed by atoms with Crippen LogP contribution in [0.15, 0.2) is 344 Å². The van der Waals surface area contributed by atoms with E-state index in [9.17, 15) is 13.3 Å². The van der Waals surface area contributed by atoms with Gasteiger partial charge in [-0.2, -0.15) is 0 Å². The minimum atomic E-state index is -3.41. The first-order valence-corrected chi connectivity index (χ1v) is 43.5. The van der Waals surface area contributed by atoms with Gasteiger partial charge in [0.25, 0.3) is 0 Å². The average molecular weight is 1750 g/mol. The molecule has 0 amide bonds. The molecule has 14 aromatic carbocycles. The molecule has 0 saturated heterocycles. The molecule has 3 aromatic heterocycles. The molecule has 113 heavy (non-hydrogen) atoms. The first-order valence-electron chi connectivity index (χ1n) is 36.7. The van der Waals surface area contributed by atoms with Gasteiger partial charge < -0.3 is 23.0 Å². The van der Waals surface area contributed by atoms with E-state index in [1.807, 2.05) is 161 Å². The van der Waals surface area contributed by atoms with Crippen molar-refractivity contribution >= 4 is 120 Å². The smallest absolute Gasteiger partial charge is 0.423 e. The van der Waals surface area contributed by atoms with Gasteiger partial charge in [-0.15, -0.1) is 0 Å². The minimum Gasteiger partial charge on any atom is -0.456 e. The quantitative estimate of drug-likeness (QED) is 0.0757. The summed E-state index contributed by atoms with van der Waals surface area (Å²) in [6, 6.07) is 111. The molecule has 17 aromatic rings. The highest BCUT2D eigenvalue weighted by Crippen LogP contribution is 2.54. The van der Waals surface area contributed by atoms with Crippen molar-refractivity contribution in [3.8, 4) is 113 Å². The van der Waals surface area contributed by atoms with Gasteiger partial charge >= 0.3 is 7.41 Å². The molecule has 2 aliphatic heterocycles. The van der Waals surface area contributed by atoms with Crippen molar-refractivity contribution in [2.75, 3.05) is 0 Å². The highest BCUT2D eigenvalue weighted by Gasteiger charge is 2.41. The normalized spacial score (nSPS) is 12.6. The Labute approximate surface area is 681 Å². The summed E-state index contributed by atoms with van der Waals surface area (Å²) in [7, 11) is -8.82. The zero-order valence-corrected chi connectivity index (χ0v) is 68.5.